The number of halogens is 3. The molecule has 0 atom stereocenters. The molecule has 6 nitrogen and oxygen atoms in total. The summed E-state index contributed by atoms with van der Waals surface area (Å²) < 4.78 is 47.5. The van der Waals surface area contributed by atoms with Crippen molar-refractivity contribution in [3.63, 3.8) is 0 Å². The zero-order valence-electron chi connectivity index (χ0n) is 12.4. The molecule has 0 spiro atoms. The summed E-state index contributed by atoms with van der Waals surface area (Å²) in [5, 5.41) is 2.07. The molecule has 22 heavy (non-hydrogen) atoms. The van der Waals surface area contributed by atoms with Gasteiger partial charge in [0.05, 0.1) is 12.7 Å². The Bertz CT molecular complexity index is 580. The number of rotatable bonds is 3. The SMILES string of the molecule is COc1nccc(C(=O)C(F)(F)F)c1NC(=O)OC(C)(C)C. The monoisotopic (exact) mass is 320 g/mol. The molecule has 1 aromatic heterocycles. The molecule has 0 aliphatic carbocycles. The van der Waals surface area contributed by atoms with Crippen LogP contribution in [0.25, 0.3) is 0 Å². The number of nitrogens with zero attached hydrogens (tertiary/aromatic N) is 1. The Kier molecular flexibility index (Phi) is 5.00. The minimum Gasteiger partial charge on any atom is -0.479 e. The lowest BCUT2D eigenvalue weighted by molar-refractivity contribution is -0.0884. The molecule has 1 aromatic rings. The number of carbonyl (C=O) groups is 2. The maximum atomic E-state index is 12.6. The van der Waals surface area contributed by atoms with Crippen molar-refractivity contribution in [2.75, 3.05) is 12.4 Å². The first-order valence-corrected chi connectivity index (χ1v) is 6.10. The third-order valence-corrected chi connectivity index (χ3v) is 2.24. The van der Waals surface area contributed by atoms with E-state index in [9.17, 15) is 22.8 Å². The molecule has 0 aliphatic heterocycles. The van der Waals surface area contributed by atoms with Crippen LogP contribution in [0.4, 0.5) is 23.7 Å². The van der Waals surface area contributed by atoms with Crippen molar-refractivity contribution >= 4 is 17.6 Å². The van der Waals surface area contributed by atoms with E-state index in [1.165, 1.54) is 0 Å². The fourth-order valence-corrected chi connectivity index (χ4v) is 1.47. The lowest BCUT2D eigenvalue weighted by atomic mass is 10.1. The average Bonchev–Trinajstić information content (AvgIpc) is 2.34. The van der Waals surface area contributed by atoms with Gasteiger partial charge in [-0.3, -0.25) is 10.1 Å². The summed E-state index contributed by atoms with van der Waals surface area (Å²) in [5.74, 6) is -2.46. The van der Waals surface area contributed by atoms with Crippen LogP contribution in [-0.4, -0.2) is 35.7 Å². The van der Waals surface area contributed by atoms with E-state index >= 15 is 0 Å². The number of Topliss-reactive ketones (excluding diaryl/α,β-unsaturated/α-hetero) is 1. The molecule has 1 rings (SSSR count). The molecule has 0 saturated heterocycles. The van der Waals surface area contributed by atoms with Crippen LogP contribution in [0.1, 0.15) is 31.1 Å². The number of ether oxygens (including phenoxy) is 2. The molecule has 0 unspecified atom stereocenters. The number of hydrogen-bond donors (Lipinski definition) is 1. The largest absolute Gasteiger partial charge is 0.479 e. The van der Waals surface area contributed by atoms with E-state index in [1.807, 2.05) is 0 Å². The van der Waals surface area contributed by atoms with E-state index in [2.05, 4.69) is 10.3 Å². The molecule has 1 heterocycles. The standard InChI is InChI=1S/C13H15F3N2O4/c1-12(2,3)22-11(20)18-8-7(9(19)13(14,15)16)5-6-17-10(8)21-4/h5-6H,1-4H3,(H,18,20). The van der Waals surface area contributed by atoms with E-state index < -0.39 is 34.9 Å². The van der Waals surface area contributed by atoms with Crippen LogP contribution in [0.3, 0.4) is 0 Å². The molecular formula is C13H15F3N2O4. The predicted molar refractivity (Wildman–Crippen MR) is 71.0 cm³/mol. The van der Waals surface area contributed by atoms with E-state index in [0.717, 1.165) is 19.4 Å². The quantitative estimate of drug-likeness (QED) is 0.866. The zero-order valence-corrected chi connectivity index (χ0v) is 12.4. The molecular weight excluding hydrogens is 305 g/mol. The second kappa shape index (κ2) is 6.20. The topological polar surface area (TPSA) is 77.5 Å². The Balaban J connectivity index is 3.21. The highest BCUT2D eigenvalue weighted by atomic mass is 19.4. The normalized spacial score (nSPS) is 11.8. The lowest BCUT2D eigenvalue weighted by Gasteiger charge is -2.21. The summed E-state index contributed by atoms with van der Waals surface area (Å²) >= 11 is 0. The lowest BCUT2D eigenvalue weighted by Crippen LogP contribution is -2.29. The van der Waals surface area contributed by atoms with Gasteiger partial charge in [0.15, 0.2) is 0 Å². The van der Waals surface area contributed by atoms with Crippen molar-refractivity contribution in [2.45, 2.75) is 32.5 Å². The number of carbonyl (C=O) groups excluding carboxylic acids is 2. The van der Waals surface area contributed by atoms with Crippen molar-refractivity contribution in [3.05, 3.63) is 17.8 Å². The van der Waals surface area contributed by atoms with E-state index in [1.54, 1.807) is 20.8 Å². The van der Waals surface area contributed by atoms with Gasteiger partial charge >= 0.3 is 12.3 Å². The van der Waals surface area contributed by atoms with E-state index in [-0.39, 0.29) is 5.88 Å². The summed E-state index contributed by atoms with van der Waals surface area (Å²) in [6.45, 7) is 4.73. The van der Waals surface area contributed by atoms with Crippen LogP contribution in [0.5, 0.6) is 5.88 Å². The number of anilines is 1. The van der Waals surface area contributed by atoms with Crippen molar-refractivity contribution < 1.29 is 32.2 Å². The van der Waals surface area contributed by atoms with Gasteiger partial charge in [-0.05, 0) is 26.8 Å². The van der Waals surface area contributed by atoms with E-state index in [4.69, 9.17) is 9.47 Å². The first-order valence-electron chi connectivity index (χ1n) is 6.10. The molecule has 9 heteroatoms. The number of pyridine rings is 1. The Morgan fingerprint density at radius 3 is 2.27 bits per heavy atom. The van der Waals surface area contributed by atoms with E-state index in [0.29, 0.717) is 0 Å². The third-order valence-electron chi connectivity index (χ3n) is 2.24. The number of amides is 1. The average molecular weight is 320 g/mol. The van der Waals surface area contributed by atoms with Crippen molar-refractivity contribution in [1.29, 1.82) is 0 Å². The molecule has 1 N–H and O–H groups in total. The molecule has 0 aromatic carbocycles. The van der Waals surface area contributed by atoms with Crippen LogP contribution in [0.2, 0.25) is 0 Å². The van der Waals surface area contributed by atoms with Crippen LogP contribution in [0, 0.1) is 0 Å². The molecule has 1 amide bonds. The fraction of sp³-hybridized carbons (Fsp3) is 0.462. The Morgan fingerprint density at radius 2 is 1.82 bits per heavy atom. The van der Waals surface area contributed by atoms with Gasteiger partial charge in [-0.1, -0.05) is 0 Å². The van der Waals surface area contributed by atoms with Crippen LogP contribution in [0.15, 0.2) is 12.3 Å². The summed E-state index contributed by atoms with van der Waals surface area (Å²) in [4.78, 5) is 26.8. The van der Waals surface area contributed by atoms with Crippen molar-refractivity contribution in [2.24, 2.45) is 0 Å². The number of methoxy groups -OCH3 is 1. The van der Waals surface area contributed by atoms with Gasteiger partial charge in [0.25, 0.3) is 5.78 Å². The first-order chi connectivity index (χ1) is 9.95. The number of nitrogens with one attached hydrogen (secondary N) is 1. The van der Waals surface area contributed by atoms with Crippen LogP contribution < -0.4 is 10.1 Å². The summed E-state index contributed by atoms with van der Waals surface area (Å²) in [6, 6.07) is 0.838. The predicted octanol–water partition coefficient (Wildman–Crippen LogP) is 3.18. The summed E-state index contributed by atoms with van der Waals surface area (Å²) in [7, 11) is 1.14. The molecule has 122 valence electrons. The number of hydrogen-bond acceptors (Lipinski definition) is 5. The Hall–Kier alpha value is -2.32. The minimum atomic E-state index is -5.10. The van der Waals surface area contributed by atoms with Crippen LogP contribution >= 0.6 is 0 Å². The Labute approximate surface area is 124 Å². The highest BCUT2D eigenvalue weighted by Crippen LogP contribution is 2.31. The summed E-state index contributed by atoms with van der Waals surface area (Å²) in [5.41, 5.74) is -2.15. The van der Waals surface area contributed by atoms with Crippen LogP contribution in [-0.2, 0) is 4.74 Å². The molecule has 0 bridgehead atoms. The molecule has 0 saturated carbocycles. The highest BCUT2D eigenvalue weighted by molar-refractivity contribution is 6.07. The zero-order chi connectivity index (χ0) is 17.1. The number of alkyl halides is 3. The highest BCUT2D eigenvalue weighted by Gasteiger charge is 2.41. The van der Waals surface area contributed by atoms with Gasteiger partial charge in [0.2, 0.25) is 5.88 Å². The first kappa shape index (κ1) is 17.7. The minimum absolute atomic E-state index is 0.332. The number of ketones is 1. The van der Waals surface area contributed by atoms with Gasteiger partial charge in [-0.2, -0.15) is 13.2 Å². The van der Waals surface area contributed by atoms with Gasteiger partial charge in [-0.25, -0.2) is 9.78 Å². The van der Waals surface area contributed by atoms with Gasteiger partial charge in [-0.15, -0.1) is 0 Å². The Morgan fingerprint density at radius 1 is 1.23 bits per heavy atom. The van der Waals surface area contributed by atoms with Gasteiger partial charge in [0, 0.05) is 6.20 Å². The van der Waals surface area contributed by atoms with Crippen molar-refractivity contribution in [3.8, 4) is 5.88 Å². The van der Waals surface area contributed by atoms with Gasteiger partial charge < -0.3 is 9.47 Å². The fourth-order valence-electron chi connectivity index (χ4n) is 1.47. The third kappa shape index (κ3) is 4.61. The number of aromatic nitrogens is 1. The second-order valence-electron chi connectivity index (χ2n) is 5.20. The second-order valence-corrected chi connectivity index (χ2v) is 5.20. The smallest absolute Gasteiger partial charge is 0.454 e. The maximum Gasteiger partial charge on any atom is 0.454 e. The maximum absolute atomic E-state index is 12.6. The molecule has 0 aliphatic rings. The molecule has 0 radical (unpaired) electrons. The molecule has 0 fully saturated rings. The van der Waals surface area contributed by atoms with Crippen molar-refractivity contribution in [1.82, 2.24) is 4.98 Å². The van der Waals surface area contributed by atoms with Gasteiger partial charge in [0.1, 0.15) is 11.3 Å². The summed E-state index contributed by atoms with van der Waals surface area (Å²) in [6.07, 6.45) is -5.16.